The molecule has 0 spiro atoms. The van der Waals surface area contributed by atoms with Crippen LogP contribution in [0.2, 0.25) is 0 Å². The van der Waals surface area contributed by atoms with E-state index in [1.807, 2.05) is 40.1 Å². The van der Waals surface area contributed by atoms with Gasteiger partial charge in [-0.25, -0.2) is 4.79 Å². The lowest BCUT2D eigenvalue weighted by atomic mass is 9.95. The van der Waals surface area contributed by atoms with Gasteiger partial charge in [-0.2, -0.15) is 0 Å². The zero-order chi connectivity index (χ0) is 19.2. The molecule has 2 saturated heterocycles. The smallest absolute Gasteiger partial charge is 0.319 e. The molecule has 0 radical (unpaired) electrons. The molecule has 3 amide bonds. The minimum Gasteiger partial charge on any atom is -0.346 e. The summed E-state index contributed by atoms with van der Waals surface area (Å²) in [6.07, 6.45) is 3.81. The largest absolute Gasteiger partial charge is 0.346 e. The van der Waals surface area contributed by atoms with Crippen LogP contribution in [0.15, 0.2) is 30.3 Å². The van der Waals surface area contributed by atoms with Crippen LogP contribution in [0.25, 0.3) is 0 Å². The van der Waals surface area contributed by atoms with Crippen molar-refractivity contribution in [1.82, 2.24) is 15.1 Å². The van der Waals surface area contributed by atoms with Crippen molar-refractivity contribution in [2.75, 3.05) is 26.2 Å². The summed E-state index contributed by atoms with van der Waals surface area (Å²) in [5.41, 5.74) is 0.956. The Kier molecular flexibility index (Phi) is 6.48. The van der Waals surface area contributed by atoms with Crippen molar-refractivity contribution < 1.29 is 14.4 Å². The van der Waals surface area contributed by atoms with Gasteiger partial charge in [0, 0.05) is 38.5 Å². The van der Waals surface area contributed by atoms with Crippen molar-refractivity contribution in [2.45, 2.75) is 45.1 Å². The number of amides is 3. The lowest BCUT2D eigenvalue weighted by Gasteiger charge is -2.34. The fraction of sp³-hybridized carbons (Fsp3) is 0.571. The third-order valence-corrected chi connectivity index (χ3v) is 5.58. The number of likely N-dealkylation sites (tertiary alicyclic amines) is 2. The number of nitrogens with zero attached hydrogens (tertiary/aromatic N) is 2. The molecular formula is C21H29N3O3. The van der Waals surface area contributed by atoms with Gasteiger partial charge in [-0.05, 0) is 38.2 Å². The highest BCUT2D eigenvalue weighted by atomic mass is 16.2. The number of piperidine rings is 1. The van der Waals surface area contributed by atoms with Gasteiger partial charge in [0.05, 0.1) is 6.04 Å². The van der Waals surface area contributed by atoms with Gasteiger partial charge in [0.25, 0.3) is 0 Å². The minimum absolute atomic E-state index is 0.0104. The summed E-state index contributed by atoms with van der Waals surface area (Å²) in [6.45, 7) is 4.66. The van der Waals surface area contributed by atoms with Crippen LogP contribution in [-0.2, 0) is 16.0 Å². The molecule has 1 aromatic rings. The molecule has 6 heteroatoms. The molecule has 146 valence electrons. The fourth-order valence-corrected chi connectivity index (χ4v) is 3.80. The van der Waals surface area contributed by atoms with E-state index in [0.29, 0.717) is 32.4 Å². The number of Topliss-reactive ketones (excluding diaryl/α,β-unsaturated/α-hetero) is 1. The van der Waals surface area contributed by atoms with E-state index in [1.165, 1.54) is 0 Å². The molecule has 1 atom stereocenters. The second kappa shape index (κ2) is 9.02. The SMILES string of the molecule is CC(NC(=O)C1CCN(C(=O)N2CCCC2)CC1)C(=O)Cc1ccccc1. The zero-order valence-electron chi connectivity index (χ0n) is 16.0. The zero-order valence-corrected chi connectivity index (χ0v) is 16.0. The van der Waals surface area contributed by atoms with E-state index in [2.05, 4.69) is 5.32 Å². The Bertz CT molecular complexity index is 663. The van der Waals surface area contributed by atoms with Crippen LogP contribution in [0.1, 0.15) is 38.2 Å². The van der Waals surface area contributed by atoms with Crippen LogP contribution in [0.5, 0.6) is 0 Å². The van der Waals surface area contributed by atoms with Gasteiger partial charge in [0.1, 0.15) is 0 Å². The second-order valence-corrected chi connectivity index (χ2v) is 7.60. The molecule has 3 rings (SSSR count). The molecule has 0 saturated carbocycles. The van der Waals surface area contributed by atoms with E-state index in [0.717, 1.165) is 31.5 Å². The highest BCUT2D eigenvalue weighted by molar-refractivity contribution is 5.90. The van der Waals surface area contributed by atoms with E-state index < -0.39 is 6.04 Å². The quantitative estimate of drug-likeness (QED) is 0.863. The molecular weight excluding hydrogens is 342 g/mol. The summed E-state index contributed by atoms with van der Waals surface area (Å²) in [4.78, 5) is 41.1. The molecule has 2 fully saturated rings. The van der Waals surface area contributed by atoms with Crippen molar-refractivity contribution in [2.24, 2.45) is 5.92 Å². The molecule has 2 aliphatic rings. The topological polar surface area (TPSA) is 69.7 Å². The highest BCUT2D eigenvalue weighted by Gasteiger charge is 2.31. The van der Waals surface area contributed by atoms with Crippen molar-refractivity contribution in [3.05, 3.63) is 35.9 Å². The number of hydrogen-bond donors (Lipinski definition) is 1. The third kappa shape index (κ3) is 5.08. The van der Waals surface area contributed by atoms with Crippen LogP contribution < -0.4 is 5.32 Å². The van der Waals surface area contributed by atoms with Gasteiger partial charge >= 0.3 is 6.03 Å². The molecule has 1 N–H and O–H groups in total. The highest BCUT2D eigenvalue weighted by Crippen LogP contribution is 2.20. The third-order valence-electron chi connectivity index (χ3n) is 5.58. The summed E-state index contributed by atoms with van der Waals surface area (Å²) < 4.78 is 0. The molecule has 27 heavy (non-hydrogen) atoms. The van der Waals surface area contributed by atoms with Gasteiger partial charge in [-0.1, -0.05) is 30.3 Å². The van der Waals surface area contributed by atoms with Crippen molar-refractivity contribution in [1.29, 1.82) is 0 Å². The van der Waals surface area contributed by atoms with Crippen LogP contribution in [0.4, 0.5) is 4.79 Å². The monoisotopic (exact) mass is 371 g/mol. The first kappa shape index (κ1) is 19.4. The van der Waals surface area contributed by atoms with Gasteiger partial charge in [-0.3, -0.25) is 9.59 Å². The van der Waals surface area contributed by atoms with Crippen molar-refractivity contribution in [3.8, 4) is 0 Å². The number of ketones is 1. The fourth-order valence-electron chi connectivity index (χ4n) is 3.80. The Labute approximate surface area is 160 Å². The summed E-state index contributed by atoms with van der Waals surface area (Å²) in [5.74, 6) is -0.187. The number of nitrogens with one attached hydrogen (secondary N) is 1. The molecule has 1 aromatic carbocycles. The Morgan fingerprint density at radius 1 is 1.00 bits per heavy atom. The number of carbonyl (C=O) groups is 3. The van der Waals surface area contributed by atoms with Crippen molar-refractivity contribution in [3.63, 3.8) is 0 Å². The van der Waals surface area contributed by atoms with E-state index in [4.69, 9.17) is 0 Å². The molecule has 0 bridgehead atoms. The summed E-state index contributed by atoms with van der Waals surface area (Å²) in [5, 5.41) is 2.87. The number of hydrogen-bond acceptors (Lipinski definition) is 3. The summed E-state index contributed by atoms with van der Waals surface area (Å²) in [6, 6.07) is 9.17. The standard InChI is InChI=1S/C21H29N3O3/c1-16(19(25)15-17-7-3-2-4-8-17)22-20(26)18-9-13-24(14-10-18)21(27)23-11-5-6-12-23/h2-4,7-8,16,18H,5-6,9-15H2,1H3,(H,22,26). The molecule has 2 heterocycles. The van der Waals surface area contributed by atoms with Crippen molar-refractivity contribution >= 4 is 17.7 Å². The molecule has 0 aromatic heterocycles. The average Bonchev–Trinajstić information content (AvgIpc) is 3.23. The number of carbonyl (C=O) groups excluding carboxylic acids is 3. The first-order valence-electron chi connectivity index (χ1n) is 9.95. The Morgan fingerprint density at radius 2 is 1.59 bits per heavy atom. The van der Waals surface area contributed by atoms with E-state index in [1.54, 1.807) is 6.92 Å². The molecule has 0 aliphatic carbocycles. The maximum absolute atomic E-state index is 12.5. The Balaban J connectivity index is 1.43. The van der Waals surface area contributed by atoms with Gasteiger partial charge in [0.15, 0.2) is 5.78 Å². The summed E-state index contributed by atoms with van der Waals surface area (Å²) >= 11 is 0. The Hall–Kier alpha value is -2.37. The van der Waals surface area contributed by atoms with E-state index in [9.17, 15) is 14.4 Å². The Morgan fingerprint density at radius 3 is 2.22 bits per heavy atom. The lowest BCUT2D eigenvalue weighted by Crippen LogP contribution is -2.49. The number of benzene rings is 1. The number of rotatable bonds is 5. The lowest BCUT2D eigenvalue weighted by molar-refractivity contribution is -0.130. The summed E-state index contributed by atoms with van der Waals surface area (Å²) in [7, 11) is 0. The first-order valence-corrected chi connectivity index (χ1v) is 9.95. The average molecular weight is 371 g/mol. The molecule has 6 nitrogen and oxygen atoms in total. The van der Waals surface area contributed by atoms with E-state index in [-0.39, 0.29) is 23.6 Å². The predicted molar refractivity (Wildman–Crippen MR) is 103 cm³/mol. The maximum Gasteiger partial charge on any atom is 0.319 e. The van der Waals surface area contributed by atoms with Crippen LogP contribution in [-0.4, -0.2) is 59.7 Å². The van der Waals surface area contributed by atoms with Crippen LogP contribution >= 0.6 is 0 Å². The first-order chi connectivity index (χ1) is 13.0. The normalized spacial score (nSPS) is 19.0. The van der Waals surface area contributed by atoms with Gasteiger partial charge < -0.3 is 15.1 Å². The minimum atomic E-state index is -0.498. The van der Waals surface area contributed by atoms with Gasteiger partial charge in [-0.15, -0.1) is 0 Å². The van der Waals surface area contributed by atoms with E-state index >= 15 is 0 Å². The maximum atomic E-state index is 12.5. The molecule has 1 unspecified atom stereocenters. The number of urea groups is 1. The predicted octanol–water partition coefficient (Wildman–Crippen LogP) is 2.23. The van der Waals surface area contributed by atoms with Gasteiger partial charge in [0.2, 0.25) is 5.91 Å². The second-order valence-electron chi connectivity index (χ2n) is 7.60. The van der Waals surface area contributed by atoms with Crippen LogP contribution in [0, 0.1) is 5.92 Å². The van der Waals surface area contributed by atoms with Crippen LogP contribution in [0.3, 0.4) is 0 Å². The molecule has 2 aliphatic heterocycles.